The van der Waals surface area contributed by atoms with Crippen molar-refractivity contribution in [3.05, 3.63) is 57.6 Å². The molecule has 2 aromatic rings. The fraction of sp³-hybridized carbons (Fsp3) is 0.263. The van der Waals surface area contributed by atoms with Crippen LogP contribution in [0.15, 0.2) is 36.4 Å². The number of amides is 2. The van der Waals surface area contributed by atoms with E-state index < -0.39 is 0 Å². The van der Waals surface area contributed by atoms with Gasteiger partial charge in [0.05, 0.1) is 23.1 Å². The number of aryl methyl sites for hydroxylation is 2. The number of carbonyl (C=O) groups excluding carboxylic acids is 2. The zero-order valence-corrected chi connectivity index (χ0v) is 16.4. The molecule has 5 nitrogen and oxygen atoms in total. The largest absolute Gasteiger partial charge is 0.325 e. The van der Waals surface area contributed by atoms with Crippen LogP contribution in [-0.4, -0.2) is 36.9 Å². The summed E-state index contributed by atoms with van der Waals surface area (Å²) >= 11 is 11.8. The van der Waals surface area contributed by atoms with Gasteiger partial charge in [-0.05, 0) is 62.4 Å². The van der Waals surface area contributed by atoms with Crippen LogP contribution >= 0.6 is 23.2 Å². The molecule has 0 atom stereocenters. The summed E-state index contributed by atoms with van der Waals surface area (Å²) in [6.07, 6.45) is 0. The first-order valence-corrected chi connectivity index (χ1v) is 8.80. The van der Waals surface area contributed by atoms with Gasteiger partial charge in [0, 0.05) is 11.4 Å². The molecule has 2 aromatic carbocycles. The molecule has 0 bridgehead atoms. The average molecular weight is 394 g/mol. The lowest BCUT2D eigenvalue weighted by molar-refractivity contribution is -0.119. The maximum Gasteiger partial charge on any atom is 0.238 e. The van der Waals surface area contributed by atoms with Gasteiger partial charge in [-0.25, -0.2) is 0 Å². The molecule has 26 heavy (non-hydrogen) atoms. The minimum Gasteiger partial charge on any atom is -0.325 e. The molecule has 0 aliphatic carbocycles. The van der Waals surface area contributed by atoms with E-state index >= 15 is 0 Å². The van der Waals surface area contributed by atoms with Gasteiger partial charge in [0.1, 0.15) is 0 Å². The molecule has 0 aliphatic rings. The molecule has 0 aromatic heterocycles. The number of rotatable bonds is 6. The predicted molar refractivity (Wildman–Crippen MR) is 107 cm³/mol. The molecule has 7 heteroatoms. The first-order valence-electron chi connectivity index (χ1n) is 8.05. The Labute approximate surface area is 163 Å². The summed E-state index contributed by atoms with van der Waals surface area (Å²) in [7, 11) is 1.70. The smallest absolute Gasteiger partial charge is 0.238 e. The molecule has 2 amide bonds. The molecular formula is C19H21Cl2N3O2. The Balaban J connectivity index is 1.83. The fourth-order valence-electron chi connectivity index (χ4n) is 2.34. The van der Waals surface area contributed by atoms with Crippen LogP contribution in [0.2, 0.25) is 10.0 Å². The highest BCUT2D eigenvalue weighted by Gasteiger charge is 2.12. The van der Waals surface area contributed by atoms with E-state index in [2.05, 4.69) is 10.6 Å². The number of anilines is 2. The summed E-state index contributed by atoms with van der Waals surface area (Å²) in [5, 5.41) is 6.34. The minimum atomic E-state index is -0.245. The number of hydrogen-bond acceptors (Lipinski definition) is 3. The van der Waals surface area contributed by atoms with Gasteiger partial charge in [0.25, 0.3) is 0 Å². The Hall–Kier alpha value is -2.08. The second-order valence-corrected chi connectivity index (χ2v) is 7.01. The van der Waals surface area contributed by atoms with Crippen LogP contribution in [0.5, 0.6) is 0 Å². The molecule has 0 heterocycles. The number of carbonyl (C=O) groups is 2. The van der Waals surface area contributed by atoms with E-state index in [0.29, 0.717) is 15.7 Å². The topological polar surface area (TPSA) is 61.4 Å². The van der Waals surface area contributed by atoms with Gasteiger partial charge < -0.3 is 10.6 Å². The molecule has 0 unspecified atom stereocenters. The lowest BCUT2D eigenvalue weighted by Gasteiger charge is -2.16. The number of halogens is 2. The summed E-state index contributed by atoms with van der Waals surface area (Å²) in [6.45, 7) is 4.17. The van der Waals surface area contributed by atoms with E-state index in [1.165, 1.54) is 5.56 Å². The first kappa shape index (κ1) is 20.2. The van der Waals surface area contributed by atoms with E-state index in [4.69, 9.17) is 23.2 Å². The van der Waals surface area contributed by atoms with Crippen LogP contribution in [0.4, 0.5) is 11.4 Å². The van der Waals surface area contributed by atoms with Gasteiger partial charge in [-0.3, -0.25) is 14.5 Å². The Bertz CT molecular complexity index is 757. The van der Waals surface area contributed by atoms with Gasteiger partial charge >= 0.3 is 0 Å². The molecule has 0 saturated carbocycles. The number of nitrogens with zero attached hydrogens (tertiary/aromatic N) is 1. The second-order valence-electron chi connectivity index (χ2n) is 6.20. The summed E-state index contributed by atoms with van der Waals surface area (Å²) in [4.78, 5) is 25.8. The monoisotopic (exact) mass is 393 g/mol. The van der Waals surface area contributed by atoms with Crippen molar-refractivity contribution in [2.75, 3.05) is 30.8 Å². The normalized spacial score (nSPS) is 10.7. The van der Waals surface area contributed by atoms with Crippen LogP contribution in [-0.2, 0) is 9.59 Å². The molecular weight excluding hydrogens is 373 g/mol. The summed E-state index contributed by atoms with van der Waals surface area (Å²) in [5.74, 6) is -0.428. The first-order chi connectivity index (χ1) is 12.2. The molecule has 0 fully saturated rings. The van der Waals surface area contributed by atoms with Crippen molar-refractivity contribution < 1.29 is 9.59 Å². The molecule has 138 valence electrons. The van der Waals surface area contributed by atoms with Crippen molar-refractivity contribution in [1.29, 1.82) is 0 Å². The van der Waals surface area contributed by atoms with Gasteiger partial charge in [-0.15, -0.1) is 0 Å². The van der Waals surface area contributed by atoms with Gasteiger partial charge in [-0.1, -0.05) is 29.3 Å². The van der Waals surface area contributed by atoms with Crippen LogP contribution in [0.3, 0.4) is 0 Å². The highest BCUT2D eigenvalue weighted by molar-refractivity contribution is 6.42. The average Bonchev–Trinajstić information content (AvgIpc) is 2.54. The zero-order valence-electron chi connectivity index (χ0n) is 14.9. The Morgan fingerprint density at radius 3 is 1.92 bits per heavy atom. The number of hydrogen-bond donors (Lipinski definition) is 2. The molecule has 0 saturated heterocycles. The SMILES string of the molecule is Cc1ccc(NC(=O)CN(C)CC(=O)Nc2ccc(Cl)c(Cl)c2)cc1C. The quantitative estimate of drug-likeness (QED) is 0.775. The third-order valence-corrected chi connectivity index (χ3v) is 4.56. The van der Waals surface area contributed by atoms with E-state index in [-0.39, 0.29) is 24.9 Å². The molecule has 2 rings (SSSR count). The molecule has 0 spiro atoms. The summed E-state index contributed by atoms with van der Waals surface area (Å²) < 4.78 is 0. The van der Waals surface area contributed by atoms with Crippen LogP contribution in [0.25, 0.3) is 0 Å². The number of nitrogens with one attached hydrogen (secondary N) is 2. The second kappa shape index (κ2) is 9.03. The maximum absolute atomic E-state index is 12.1. The van der Waals surface area contributed by atoms with Crippen molar-refractivity contribution >= 4 is 46.4 Å². The lowest BCUT2D eigenvalue weighted by Crippen LogP contribution is -2.36. The van der Waals surface area contributed by atoms with Gasteiger partial charge in [0.2, 0.25) is 11.8 Å². The predicted octanol–water partition coefficient (Wildman–Crippen LogP) is 4.12. The van der Waals surface area contributed by atoms with Crippen LogP contribution in [0.1, 0.15) is 11.1 Å². The highest BCUT2D eigenvalue weighted by atomic mass is 35.5. The standard InChI is InChI=1S/C19H21Cl2N3O2/c1-12-4-5-14(8-13(12)2)22-18(25)10-24(3)11-19(26)23-15-6-7-16(20)17(21)9-15/h4-9H,10-11H2,1-3H3,(H,22,25)(H,23,26). The maximum atomic E-state index is 12.1. The summed E-state index contributed by atoms with van der Waals surface area (Å²) in [5.41, 5.74) is 3.57. The molecule has 2 N–H and O–H groups in total. The Morgan fingerprint density at radius 1 is 0.846 bits per heavy atom. The molecule has 0 radical (unpaired) electrons. The Morgan fingerprint density at radius 2 is 1.38 bits per heavy atom. The van der Waals surface area contributed by atoms with Gasteiger partial charge in [-0.2, -0.15) is 0 Å². The Kier molecular flexibility index (Phi) is 7.03. The third-order valence-electron chi connectivity index (χ3n) is 3.82. The summed E-state index contributed by atoms with van der Waals surface area (Å²) in [6, 6.07) is 10.6. The van der Waals surface area contributed by atoms with Crippen molar-refractivity contribution in [1.82, 2.24) is 4.90 Å². The fourth-order valence-corrected chi connectivity index (χ4v) is 2.64. The van der Waals surface area contributed by atoms with Crippen molar-refractivity contribution in [3.8, 4) is 0 Å². The van der Waals surface area contributed by atoms with Crippen LogP contribution < -0.4 is 10.6 Å². The van der Waals surface area contributed by atoms with Crippen molar-refractivity contribution in [2.24, 2.45) is 0 Å². The lowest BCUT2D eigenvalue weighted by atomic mass is 10.1. The number of benzene rings is 2. The van der Waals surface area contributed by atoms with Crippen molar-refractivity contribution in [2.45, 2.75) is 13.8 Å². The van der Waals surface area contributed by atoms with Crippen LogP contribution in [0, 0.1) is 13.8 Å². The highest BCUT2D eigenvalue weighted by Crippen LogP contribution is 2.24. The third kappa shape index (κ3) is 6.02. The van der Waals surface area contributed by atoms with E-state index in [0.717, 1.165) is 11.3 Å². The van der Waals surface area contributed by atoms with E-state index in [1.807, 2.05) is 32.0 Å². The van der Waals surface area contributed by atoms with E-state index in [1.54, 1.807) is 30.1 Å². The van der Waals surface area contributed by atoms with E-state index in [9.17, 15) is 9.59 Å². The van der Waals surface area contributed by atoms with Gasteiger partial charge in [0.15, 0.2) is 0 Å². The van der Waals surface area contributed by atoms with Crippen molar-refractivity contribution in [3.63, 3.8) is 0 Å². The molecule has 0 aliphatic heterocycles. The zero-order chi connectivity index (χ0) is 19.3. The minimum absolute atomic E-state index is 0.0700. The number of likely N-dealkylation sites (N-methyl/N-ethyl adjacent to an activating group) is 1.